The second-order valence-electron chi connectivity index (χ2n) is 4.24. The van der Waals surface area contributed by atoms with Gasteiger partial charge < -0.3 is 10.1 Å². The smallest absolute Gasteiger partial charge is 0.372 e. The Morgan fingerprint density at radius 3 is 2.89 bits per heavy atom. The summed E-state index contributed by atoms with van der Waals surface area (Å²) in [4.78, 5) is 0. The molecule has 0 aromatic carbocycles. The lowest BCUT2D eigenvalue weighted by Crippen LogP contribution is -2.19. The van der Waals surface area contributed by atoms with E-state index in [0.717, 1.165) is 25.2 Å². The van der Waals surface area contributed by atoms with Crippen LogP contribution in [0.15, 0.2) is 12.3 Å². The van der Waals surface area contributed by atoms with E-state index in [2.05, 4.69) is 22.1 Å². The molecule has 0 radical (unpaired) electrons. The predicted octanol–water partition coefficient (Wildman–Crippen LogP) is 2.35. The highest BCUT2D eigenvalue weighted by Gasteiger charge is 2.27. The molecule has 1 N–H and O–H groups in total. The molecule has 0 spiro atoms. The molecule has 1 rings (SSSR count). The first-order chi connectivity index (χ1) is 9.03. The summed E-state index contributed by atoms with van der Waals surface area (Å²) >= 11 is 0. The minimum absolute atomic E-state index is 0.0845. The first-order valence-electron chi connectivity index (χ1n) is 6.39. The molecule has 0 amide bonds. The Morgan fingerprint density at radius 2 is 2.21 bits per heavy atom. The zero-order chi connectivity index (χ0) is 14.1. The van der Waals surface area contributed by atoms with Crippen LogP contribution in [0.5, 0.6) is 0 Å². The number of rotatable bonds is 9. The van der Waals surface area contributed by atoms with Crippen molar-refractivity contribution in [2.75, 3.05) is 19.8 Å². The van der Waals surface area contributed by atoms with E-state index in [1.807, 2.05) is 6.07 Å². The van der Waals surface area contributed by atoms with Gasteiger partial charge in [-0.2, -0.15) is 18.3 Å². The standard InChI is InChI=1S/C12H20F3N3O/c1-2-5-16-9-11-4-6-17-18(11)7-3-8-19-10-12(13,14)15/h4,6,16H,2-3,5,7-10H2,1H3. The molecule has 0 bridgehead atoms. The number of nitrogens with one attached hydrogen (secondary N) is 1. The van der Waals surface area contributed by atoms with Gasteiger partial charge in [-0.05, 0) is 25.5 Å². The Hall–Kier alpha value is -1.08. The Labute approximate surface area is 110 Å². The molecular weight excluding hydrogens is 259 g/mol. The number of halogens is 3. The summed E-state index contributed by atoms with van der Waals surface area (Å²) in [5.74, 6) is 0. The first-order valence-corrected chi connectivity index (χ1v) is 6.39. The summed E-state index contributed by atoms with van der Waals surface area (Å²) in [5.41, 5.74) is 1.03. The lowest BCUT2D eigenvalue weighted by molar-refractivity contribution is -0.174. The van der Waals surface area contributed by atoms with E-state index in [1.54, 1.807) is 10.9 Å². The quantitative estimate of drug-likeness (QED) is 0.705. The van der Waals surface area contributed by atoms with Crippen molar-refractivity contribution in [1.29, 1.82) is 0 Å². The fourth-order valence-electron chi connectivity index (χ4n) is 1.61. The highest BCUT2D eigenvalue weighted by Crippen LogP contribution is 2.14. The Balaban J connectivity index is 2.20. The third-order valence-electron chi connectivity index (χ3n) is 2.46. The van der Waals surface area contributed by atoms with Gasteiger partial charge in [0.1, 0.15) is 6.61 Å². The maximum atomic E-state index is 11.8. The van der Waals surface area contributed by atoms with E-state index in [1.165, 1.54) is 0 Å². The van der Waals surface area contributed by atoms with E-state index in [4.69, 9.17) is 0 Å². The summed E-state index contributed by atoms with van der Waals surface area (Å²) in [6.07, 6.45) is -0.988. The van der Waals surface area contributed by atoms with Crippen molar-refractivity contribution in [2.45, 2.75) is 39.0 Å². The second kappa shape index (κ2) is 8.16. The van der Waals surface area contributed by atoms with Gasteiger partial charge in [-0.25, -0.2) is 0 Å². The van der Waals surface area contributed by atoms with E-state index >= 15 is 0 Å². The molecule has 0 fully saturated rings. The Bertz CT molecular complexity index is 352. The molecule has 1 aromatic heterocycles. The molecule has 0 aliphatic heterocycles. The summed E-state index contributed by atoms with van der Waals surface area (Å²) in [6, 6.07) is 1.90. The molecule has 0 saturated heterocycles. The van der Waals surface area contributed by atoms with Crippen molar-refractivity contribution < 1.29 is 17.9 Å². The van der Waals surface area contributed by atoms with Crippen molar-refractivity contribution >= 4 is 0 Å². The van der Waals surface area contributed by atoms with Gasteiger partial charge in [0.25, 0.3) is 0 Å². The highest BCUT2D eigenvalue weighted by molar-refractivity contribution is 4.99. The third kappa shape index (κ3) is 7.17. The van der Waals surface area contributed by atoms with Crippen LogP contribution in [0.25, 0.3) is 0 Å². The minimum Gasteiger partial charge on any atom is -0.372 e. The number of aromatic nitrogens is 2. The van der Waals surface area contributed by atoms with Crippen LogP contribution in [0.4, 0.5) is 13.2 Å². The topological polar surface area (TPSA) is 39.1 Å². The van der Waals surface area contributed by atoms with Crippen LogP contribution in [0.3, 0.4) is 0 Å². The molecule has 0 unspecified atom stereocenters. The number of alkyl halides is 3. The van der Waals surface area contributed by atoms with E-state index < -0.39 is 12.8 Å². The molecule has 110 valence electrons. The number of hydrogen-bond donors (Lipinski definition) is 1. The van der Waals surface area contributed by atoms with Crippen LogP contribution >= 0.6 is 0 Å². The molecule has 19 heavy (non-hydrogen) atoms. The third-order valence-corrected chi connectivity index (χ3v) is 2.46. The lowest BCUT2D eigenvalue weighted by Gasteiger charge is -2.10. The fourth-order valence-corrected chi connectivity index (χ4v) is 1.61. The molecule has 1 aromatic rings. The van der Waals surface area contributed by atoms with Crippen LogP contribution in [-0.2, 0) is 17.8 Å². The molecular formula is C12H20F3N3O. The van der Waals surface area contributed by atoms with Gasteiger partial charge in [0.05, 0.1) is 5.69 Å². The average Bonchev–Trinajstić information content (AvgIpc) is 2.75. The first kappa shape index (κ1) is 16.0. The van der Waals surface area contributed by atoms with Gasteiger partial charge in [0.2, 0.25) is 0 Å². The lowest BCUT2D eigenvalue weighted by atomic mass is 10.3. The Morgan fingerprint density at radius 1 is 1.42 bits per heavy atom. The fraction of sp³-hybridized carbons (Fsp3) is 0.750. The Kier molecular flexibility index (Phi) is 6.86. The maximum Gasteiger partial charge on any atom is 0.411 e. The number of ether oxygens (including phenoxy) is 1. The van der Waals surface area contributed by atoms with Crippen LogP contribution in [0.1, 0.15) is 25.5 Å². The van der Waals surface area contributed by atoms with Gasteiger partial charge in [-0.1, -0.05) is 6.92 Å². The van der Waals surface area contributed by atoms with E-state index in [0.29, 0.717) is 13.0 Å². The molecule has 0 aliphatic rings. The van der Waals surface area contributed by atoms with Crippen LogP contribution in [0.2, 0.25) is 0 Å². The second-order valence-corrected chi connectivity index (χ2v) is 4.24. The van der Waals surface area contributed by atoms with Gasteiger partial charge in [0, 0.05) is 25.9 Å². The van der Waals surface area contributed by atoms with Crippen LogP contribution in [-0.4, -0.2) is 35.7 Å². The average molecular weight is 279 g/mol. The van der Waals surface area contributed by atoms with Crippen molar-refractivity contribution in [3.8, 4) is 0 Å². The predicted molar refractivity (Wildman–Crippen MR) is 65.7 cm³/mol. The van der Waals surface area contributed by atoms with Gasteiger partial charge in [0.15, 0.2) is 0 Å². The summed E-state index contributed by atoms with van der Waals surface area (Å²) in [7, 11) is 0. The molecule has 4 nitrogen and oxygen atoms in total. The SMILES string of the molecule is CCCNCc1ccnn1CCCOCC(F)(F)F. The maximum absolute atomic E-state index is 11.8. The van der Waals surface area contributed by atoms with Crippen LogP contribution in [0, 0.1) is 0 Å². The zero-order valence-corrected chi connectivity index (χ0v) is 11.0. The number of nitrogens with zero attached hydrogens (tertiary/aromatic N) is 2. The summed E-state index contributed by atoms with van der Waals surface area (Å²) in [6.45, 7) is 3.20. The van der Waals surface area contributed by atoms with E-state index in [-0.39, 0.29) is 6.61 Å². The van der Waals surface area contributed by atoms with Crippen molar-refractivity contribution in [2.24, 2.45) is 0 Å². The minimum atomic E-state index is -4.25. The molecule has 0 atom stereocenters. The monoisotopic (exact) mass is 279 g/mol. The zero-order valence-electron chi connectivity index (χ0n) is 11.0. The van der Waals surface area contributed by atoms with Crippen molar-refractivity contribution in [1.82, 2.24) is 15.1 Å². The van der Waals surface area contributed by atoms with Crippen molar-refractivity contribution in [3.63, 3.8) is 0 Å². The molecule has 7 heteroatoms. The van der Waals surface area contributed by atoms with Gasteiger partial charge >= 0.3 is 6.18 Å². The van der Waals surface area contributed by atoms with Crippen LogP contribution < -0.4 is 5.32 Å². The van der Waals surface area contributed by atoms with Gasteiger partial charge in [-0.15, -0.1) is 0 Å². The summed E-state index contributed by atoms with van der Waals surface area (Å²) in [5, 5.41) is 7.40. The normalized spacial score (nSPS) is 12.0. The highest BCUT2D eigenvalue weighted by atomic mass is 19.4. The van der Waals surface area contributed by atoms with Crippen molar-refractivity contribution in [3.05, 3.63) is 18.0 Å². The largest absolute Gasteiger partial charge is 0.411 e. The number of hydrogen-bond acceptors (Lipinski definition) is 3. The molecule has 0 saturated carbocycles. The number of aryl methyl sites for hydroxylation is 1. The molecule has 1 heterocycles. The van der Waals surface area contributed by atoms with E-state index in [9.17, 15) is 13.2 Å². The summed E-state index contributed by atoms with van der Waals surface area (Å²) < 4.78 is 41.9. The molecule has 0 aliphatic carbocycles. The van der Waals surface area contributed by atoms with Gasteiger partial charge in [-0.3, -0.25) is 4.68 Å².